The van der Waals surface area contributed by atoms with Crippen molar-refractivity contribution in [1.82, 2.24) is 47.5 Å². The summed E-state index contributed by atoms with van der Waals surface area (Å²) in [6.07, 6.45) is -0.144. The molecule has 0 saturated carbocycles. The van der Waals surface area contributed by atoms with Crippen LogP contribution in [0.5, 0.6) is 0 Å². The van der Waals surface area contributed by atoms with Crippen LogP contribution >= 0.6 is 11.6 Å². The molecule has 0 spiro atoms. The standard InChI is InChI=1S/C49H70ClN17O10/c1-26(68)61-33(13-7-21-58-48(53)54)42(72)63-34-14-6-20-57-40(70)19-17-32(41(52)71)62-46(76)38(24-28-25-60-31-12-5-3-10-29(28)31)67-44(74)35(15-8-22-59-49(55)56)64-47(77)37(23-27-9-2-4-11-30(27)50)66-45(75)36(65-43(34)73)16-18-39(51)69/h2-5,9-12,25,32-38,60H,6-8,13-24H2,1H3,(H2,51,69)(H2,52,71)(H,57,70)(H,61,68)(H,62,76)(H,63,72)(H,64,77)(H,65,73)(H,66,75)(H,67,74)(H4,53,54,58)(H4,55,56,59)/t32-,33-,34?,35-,36-,37?,38-/m0/s1. The van der Waals surface area contributed by atoms with Crippen LogP contribution in [0.2, 0.25) is 5.02 Å². The smallest absolute Gasteiger partial charge is 0.243 e. The van der Waals surface area contributed by atoms with E-state index in [9.17, 15) is 47.9 Å². The van der Waals surface area contributed by atoms with E-state index in [-0.39, 0.29) is 101 Å². The van der Waals surface area contributed by atoms with Gasteiger partial charge in [-0.1, -0.05) is 48.0 Å². The molecule has 4 rings (SSSR count). The third-order valence-corrected chi connectivity index (χ3v) is 12.6. The van der Waals surface area contributed by atoms with Gasteiger partial charge in [0.2, 0.25) is 59.1 Å². The first kappa shape index (κ1) is 61.1. The Hall–Kier alpha value is -8.49. The summed E-state index contributed by atoms with van der Waals surface area (Å²) in [7, 11) is 0. The number of primary amides is 2. The number of para-hydroxylation sites is 1. The number of nitrogens with one attached hydrogen (secondary N) is 9. The molecule has 77 heavy (non-hydrogen) atoms. The second kappa shape index (κ2) is 30.8. The SMILES string of the molecule is CC(=O)N[C@@H](CCCN=C(N)N)C(=O)NC1CCCNC(=O)CC[C@@H](C(N)=O)NC(=O)[C@H](Cc2c[nH]c3ccccc23)NC(=O)[C@H](CCCN=C(N)N)NC(=O)C(Cc2ccccc2Cl)NC(=O)[C@H](CCC(N)=O)NC1=O. The molecule has 2 heterocycles. The lowest BCUT2D eigenvalue weighted by Crippen LogP contribution is -2.60. The first-order valence-electron chi connectivity index (χ1n) is 24.9. The normalized spacial score (nSPS) is 20.8. The maximum atomic E-state index is 14.7. The van der Waals surface area contributed by atoms with E-state index in [1.807, 2.05) is 6.07 Å². The number of hydrogen-bond donors (Lipinski definition) is 15. The van der Waals surface area contributed by atoms with E-state index >= 15 is 0 Å². The Bertz CT molecular complexity index is 2650. The van der Waals surface area contributed by atoms with Crippen LogP contribution in [0.3, 0.4) is 0 Å². The molecule has 10 amide bonds. The number of halogens is 1. The summed E-state index contributed by atoms with van der Waals surface area (Å²) < 4.78 is 0. The number of benzene rings is 2. The topological polar surface area (TPSA) is 464 Å². The molecule has 2 aromatic carbocycles. The summed E-state index contributed by atoms with van der Waals surface area (Å²) in [6.45, 7) is 1.21. The summed E-state index contributed by atoms with van der Waals surface area (Å²) in [5.74, 6) is -8.84. The second-order valence-corrected chi connectivity index (χ2v) is 18.7. The maximum Gasteiger partial charge on any atom is 0.243 e. The quantitative estimate of drug-likeness (QED) is 0.0316. The van der Waals surface area contributed by atoms with Crippen LogP contribution in [-0.2, 0) is 60.8 Å². The Morgan fingerprint density at radius 2 is 1.26 bits per heavy atom. The highest BCUT2D eigenvalue weighted by Crippen LogP contribution is 2.21. The highest BCUT2D eigenvalue weighted by Gasteiger charge is 2.35. The van der Waals surface area contributed by atoms with Crippen molar-refractivity contribution in [1.29, 1.82) is 0 Å². The number of hydrogen-bond acceptors (Lipinski definition) is 12. The molecule has 1 saturated heterocycles. The Morgan fingerprint density at radius 1 is 0.688 bits per heavy atom. The van der Waals surface area contributed by atoms with Gasteiger partial charge in [0.1, 0.15) is 42.3 Å². The number of aromatic nitrogens is 1. The molecule has 0 radical (unpaired) electrons. The summed E-state index contributed by atoms with van der Waals surface area (Å²) in [5.41, 5.74) is 34.9. The zero-order valence-corrected chi connectivity index (χ0v) is 43.4. The lowest BCUT2D eigenvalue weighted by Gasteiger charge is -2.28. The van der Waals surface area contributed by atoms with Gasteiger partial charge in [0.15, 0.2) is 11.9 Å². The molecule has 0 bridgehead atoms. The molecule has 1 fully saturated rings. The van der Waals surface area contributed by atoms with E-state index in [0.717, 1.165) is 10.9 Å². The van der Waals surface area contributed by atoms with E-state index in [2.05, 4.69) is 57.5 Å². The molecule has 1 aliphatic heterocycles. The van der Waals surface area contributed by atoms with E-state index < -0.39 is 114 Å². The van der Waals surface area contributed by atoms with Crippen molar-refractivity contribution in [3.05, 3.63) is 70.9 Å². The van der Waals surface area contributed by atoms with E-state index in [4.69, 9.17) is 46.0 Å². The molecule has 21 N–H and O–H groups in total. The van der Waals surface area contributed by atoms with Crippen molar-refractivity contribution >= 4 is 93.5 Å². The van der Waals surface area contributed by atoms with Crippen molar-refractivity contribution in [3.63, 3.8) is 0 Å². The third-order valence-electron chi connectivity index (χ3n) is 12.2. The van der Waals surface area contributed by atoms with Crippen LogP contribution in [0.15, 0.2) is 64.7 Å². The monoisotopic (exact) mass is 1090 g/mol. The zero-order chi connectivity index (χ0) is 56.6. The van der Waals surface area contributed by atoms with Crippen molar-refractivity contribution in [2.75, 3.05) is 19.6 Å². The highest BCUT2D eigenvalue weighted by atomic mass is 35.5. The lowest BCUT2D eigenvalue weighted by atomic mass is 10.0. The van der Waals surface area contributed by atoms with Crippen molar-refractivity contribution < 1.29 is 47.9 Å². The molecular formula is C49H70ClN17O10. The molecular weight excluding hydrogens is 1020 g/mol. The van der Waals surface area contributed by atoms with Gasteiger partial charge in [0.25, 0.3) is 0 Å². The average molecular weight is 1090 g/mol. The molecule has 7 atom stereocenters. The predicted molar refractivity (Wildman–Crippen MR) is 285 cm³/mol. The Kier molecular flexibility index (Phi) is 24.4. The number of carbonyl (C=O) groups is 10. The predicted octanol–water partition coefficient (Wildman–Crippen LogP) is -3.43. The minimum atomic E-state index is -1.59. The fourth-order valence-corrected chi connectivity index (χ4v) is 8.47. The van der Waals surface area contributed by atoms with Crippen LogP contribution in [0.4, 0.5) is 0 Å². The fourth-order valence-electron chi connectivity index (χ4n) is 8.25. The minimum Gasteiger partial charge on any atom is -0.370 e. The van der Waals surface area contributed by atoms with Crippen molar-refractivity contribution in [3.8, 4) is 0 Å². The number of fused-ring (bicyclic) bond motifs is 1. The van der Waals surface area contributed by atoms with Crippen LogP contribution in [0.25, 0.3) is 10.9 Å². The number of amides is 10. The van der Waals surface area contributed by atoms with Crippen LogP contribution in [0, 0.1) is 0 Å². The first-order chi connectivity index (χ1) is 36.6. The summed E-state index contributed by atoms with van der Waals surface area (Å²) in [6, 6.07) is 3.52. The molecule has 27 nitrogen and oxygen atoms in total. The number of aromatic amines is 1. The molecule has 2 unspecified atom stereocenters. The third kappa shape index (κ3) is 21.0. The number of nitrogens with two attached hydrogens (primary N) is 6. The fraction of sp³-hybridized carbons (Fsp3) is 0.469. The van der Waals surface area contributed by atoms with Crippen LogP contribution < -0.4 is 76.9 Å². The van der Waals surface area contributed by atoms with Crippen LogP contribution in [-0.4, -0.2) is 138 Å². The van der Waals surface area contributed by atoms with E-state index in [0.29, 0.717) is 11.1 Å². The number of aliphatic imine (C=N–C) groups is 2. The van der Waals surface area contributed by atoms with Crippen molar-refractivity contribution in [2.24, 2.45) is 44.4 Å². The summed E-state index contributed by atoms with van der Waals surface area (Å²) in [4.78, 5) is 148. The lowest BCUT2D eigenvalue weighted by molar-refractivity contribution is -0.136. The maximum absolute atomic E-state index is 14.7. The van der Waals surface area contributed by atoms with Gasteiger partial charge >= 0.3 is 0 Å². The van der Waals surface area contributed by atoms with Gasteiger partial charge in [0, 0.05) is 74.4 Å². The molecule has 28 heteroatoms. The molecule has 418 valence electrons. The van der Waals surface area contributed by atoms with Gasteiger partial charge in [-0.2, -0.15) is 0 Å². The average Bonchev–Trinajstić information content (AvgIpc) is 3.78. The number of nitrogens with zero attached hydrogens (tertiary/aromatic N) is 2. The second-order valence-electron chi connectivity index (χ2n) is 18.3. The molecule has 3 aromatic rings. The van der Waals surface area contributed by atoms with Gasteiger partial charge in [-0.05, 0) is 74.6 Å². The van der Waals surface area contributed by atoms with Gasteiger partial charge in [-0.15, -0.1) is 0 Å². The van der Waals surface area contributed by atoms with E-state index in [1.54, 1.807) is 48.7 Å². The first-order valence-corrected chi connectivity index (χ1v) is 25.3. The Balaban J connectivity index is 1.80. The van der Waals surface area contributed by atoms with Gasteiger partial charge < -0.3 is 81.9 Å². The Labute approximate surface area is 448 Å². The van der Waals surface area contributed by atoms with E-state index in [1.165, 1.54) is 6.92 Å². The molecule has 0 aliphatic carbocycles. The van der Waals surface area contributed by atoms with Crippen LogP contribution in [0.1, 0.15) is 82.3 Å². The summed E-state index contributed by atoms with van der Waals surface area (Å²) >= 11 is 6.56. The molecule has 1 aliphatic rings. The number of H-pyrrole nitrogens is 1. The minimum absolute atomic E-state index is 0.00487. The van der Waals surface area contributed by atoms with Gasteiger partial charge in [-0.25, -0.2) is 0 Å². The zero-order valence-electron chi connectivity index (χ0n) is 42.7. The molecule has 1 aromatic heterocycles. The Morgan fingerprint density at radius 3 is 1.90 bits per heavy atom. The number of guanidine groups is 2. The largest absolute Gasteiger partial charge is 0.370 e. The number of carbonyl (C=O) groups excluding carboxylic acids is 10. The van der Waals surface area contributed by atoms with Gasteiger partial charge in [-0.3, -0.25) is 57.9 Å². The highest BCUT2D eigenvalue weighted by molar-refractivity contribution is 6.31. The summed E-state index contributed by atoms with van der Waals surface area (Å²) in [5, 5.41) is 21.9. The van der Waals surface area contributed by atoms with Crippen molar-refractivity contribution in [2.45, 2.75) is 126 Å². The van der Waals surface area contributed by atoms with Gasteiger partial charge in [0.05, 0.1) is 0 Å². The number of rotatable bonds is 19.